The molecule has 2 rings (SSSR count). The number of benzene rings is 1. The normalized spacial score (nSPS) is 10.2. The van der Waals surface area contributed by atoms with Gasteiger partial charge in [0.1, 0.15) is 12.0 Å². The van der Waals surface area contributed by atoms with Crippen LogP contribution in [0.4, 0.5) is 0 Å². The average molecular weight is 237 g/mol. The SMILES string of the molecule is O=Cc1ncnc2c(Br)cccc12. The molecule has 0 N–H and O–H groups in total. The third-order valence-electron chi connectivity index (χ3n) is 1.76. The van der Waals surface area contributed by atoms with Crippen molar-refractivity contribution in [3.63, 3.8) is 0 Å². The molecule has 13 heavy (non-hydrogen) atoms. The van der Waals surface area contributed by atoms with Gasteiger partial charge in [-0.1, -0.05) is 12.1 Å². The Balaban J connectivity index is 2.92. The molecule has 0 amide bonds. The molecule has 0 unspecified atom stereocenters. The second-order valence-corrected chi connectivity index (χ2v) is 3.37. The number of hydrogen-bond acceptors (Lipinski definition) is 3. The molecular formula is C9H5BrN2O. The molecule has 0 fully saturated rings. The molecule has 0 saturated heterocycles. The van der Waals surface area contributed by atoms with Crippen molar-refractivity contribution in [1.82, 2.24) is 9.97 Å². The van der Waals surface area contributed by atoms with Crippen molar-refractivity contribution in [2.24, 2.45) is 0 Å². The maximum absolute atomic E-state index is 10.6. The highest BCUT2D eigenvalue weighted by Gasteiger charge is 2.03. The molecule has 1 aromatic heterocycles. The van der Waals surface area contributed by atoms with Crippen molar-refractivity contribution in [3.8, 4) is 0 Å². The predicted molar refractivity (Wildman–Crippen MR) is 52.6 cm³/mol. The zero-order valence-corrected chi connectivity index (χ0v) is 8.15. The summed E-state index contributed by atoms with van der Waals surface area (Å²) in [5.74, 6) is 0. The number of fused-ring (bicyclic) bond motifs is 1. The van der Waals surface area contributed by atoms with Crippen LogP contribution in [-0.4, -0.2) is 16.3 Å². The minimum absolute atomic E-state index is 0.423. The predicted octanol–water partition coefficient (Wildman–Crippen LogP) is 2.20. The van der Waals surface area contributed by atoms with Crippen molar-refractivity contribution in [1.29, 1.82) is 0 Å². The van der Waals surface area contributed by atoms with Gasteiger partial charge in [0.05, 0.1) is 5.52 Å². The van der Waals surface area contributed by atoms with E-state index in [2.05, 4.69) is 25.9 Å². The van der Waals surface area contributed by atoms with Crippen LogP contribution in [0.2, 0.25) is 0 Å². The molecule has 0 spiro atoms. The lowest BCUT2D eigenvalue weighted by Gasteiger charge is -1.99. The van der Waals surface area contributed by atoms with E-state index in [1.165, 1.54) is 6.33 Å². The van der Waals surface area contributed by atoms with E-state index in [0.29, 0.717) is 5.69 Å². The minimum atomic E-state index is 0.423. The first kappa shape index (κ1) is 8.31. The van der Waals surface area contributed by atoms with E-state index >= 15 is 0 Å². The third kappa shape index (κ3) is 1.33. The van der Waals surface area contributed by atoms with Crippen LogP contribution in [0.3, 0.4) is 0 Å². The molecule has 1 aromatic carbocycles. The molecule has 0 aliphatic heterocycles. The van der Waals surface area contributed by atoms with Gasteiger partial charge in [0.25, 0.3) is 0 Å². The van der Waals surface area contributed by atoms with Crippen LogP contribution in [0.15, 0.2) is 29.0 Å². The zero-order valence-electron chi connectivity index (χ0n) is 6.57. The summed E-state index contributed by atoms with van der Waals surface area (Å²) in [4.78, 5) is 18.6. The Labute approximate surface area is 82.9 Å². The lowest BCUT2D eigenvalue weighted by atomic mass is 10.2. The van der Waals surface area contributed by atoms with Gasteiger partial charge in [-0.2, -0.15) is 0 Å². The summed E-state index contributed by atoms with van der Waals surface area (Å²) in [5, 5.41) is 0.770. The third-order valence-corrected chi connectivity index (χ3v) is 2.40. The first-order valence-corrected chi connectivity index (χ1v) is 4.46. The fourth-order valence-electron chi connectivity index (χ4n) is 1.17. The number of aromatic nitrogens is 2. The Morgan fingerprint density at radius 3 is 2.92 bits per heavy atom. The van der Waals surface area contributed by atoms with Crippen molar-refractivity contribution in [3.05, 3.63) is 34.7 Å². The molecule has 0 bridgehead atoms. The molecule has 0 radical (unpaired) electrons. The van der Waals surface area contributed by atoms with Crippen LogP contribution in [-0.2, 0) is 0 Å². The number of hydrogen-bond donors (Lipinski definition) is 0. The highest BCUT2D eigenvalue weighted by atomic mass is 79.9. The van der Waals surface area contributed by atoms with Gasteiger partial charge in [0, 0.05) is 9.86 Å². The van der Waals surface area contributed by atoms with Crippen LogP contribution in [0, 0.1) is 0 Å². The summed E-state index contributed by atoms with van der Waals surface area (Å²) in [6.07, 6.45) is 2.12. The van der Waals surface area contributed by atoms with E-state index in [0.717, 1.165) is 21.7 Å². The van der Waals surface area contributed by atoms with Crippen LogP contribution in [0.1, 0.15) is 10.5 Å². The Morgan fingerprint density at radius 2 is 2.15 bits per heavy atom. The fourth-order valence-corrected chi connectivity index (χ4v) is 1.63. The van der Waals surface area contributed by atoms with Crippen LogP contribution >= 0.6 is 15.9 Å². The van der Waals surface area contributed by atoms with E-state index in [1.54, 1.807) is 0 Å². The molecule has 0 atom stereocenters. The van der Waals surface area contributed by atoms with Crippen LogP contribution in [0.5, 0.6) is 0 Å². The molecule has 0 aliphatic carbocycles. The van der Waals surface area contributed by atoms with Crippen LogP contribution < -0.4 is 0 Å². The number of para-hydroxylation sites is 1. The number of halogens is 1. The van der Waals surface area contributed by atoms with E-state index in [-0.39, 0.29) is 0 Å². The Bertz CT molecular complexity index is 470. The molecule has 2 aromatic rings. The summed E-state index contributed by atoms with van der Waals surface area (Å²) in [6, 6.07) is 5.55. The fraction of sp³-hybridized carbons (Fsp3) is 0. The van der Waals surface area contributed by atoms with Gasteiger partial charge in [-0.3, -0.25) is 4.79 Å². The Kier molecular flexibility index (Phi) is 2.06. The molecule has 0 saturated carbocycles. The van der Waals surface area contributed by atoms with Crippen molar-refractivity contribution >= 4 is 33.1 Å². The van der Waals surface area contributed by atoms with E-state index in [4.69, 9.17) is 0 Å². The molecule has 4 heteroatoms. The molecular weight excluding hydrogens is 232 g/mol. The monoisotopic (exact) mass is 236 g/mol. The maximum atomic E-state index is 10.6. The Morgan fingerprint density at radius 1 is 1.31 bits per heavy atom. The largest absolute Gasteiger partial charge is 0.296 e. The number of nitrogens with zero attached hydrogens (tertiary/aromatic N) is 2. The lowest BCUT2D eigenvalue weighted by molar-refractivity contribution is 0.112. The van der Waals surface area contributed by atoms with Gasteiger partial charge in [-0.15, -0.1) is 0 Å². The molecule has 3 nitrogen and oxygen atoms in total. The van der Waals surface area contributed by atoms with Crippen molar-refractivity contribution < 1.29 is 4.79 Å². The van der Waals surface area contributed by atoms with Gasteiger partial charge in [0.2, 0.25) is 0 Å². The first-order valence-electron chi connectivity index (χ1n) is 3.67. The minimum Gasteiger partial charge on any atom is -0.296 e. The highest BCUT2D eigenvalue weighted by Crippen LogP contribution is 2.21. The molecule has 0 aliphatic rings. The second kappa shape index (κ2) is 3.22. The molecule has 64 valence electrons. The highest BCUT2D eigenvalue weighted by molar-refractivity contribution is 9.10. The standard InChI is InChI=1S/C9H5BrN2O/c10-7-3-1-2-6-8(4-13)11-5-12-9(6)7/h1-5H. The van der Waals surface area contributed by atoms with Gasteiger partial charge in [-0.05, 0) is 22.0 Å². The first-order chi connectivity index (χ1) is 6.33. The quantitative estimate of drug-likeness (QED) is 0.714. The summed E-state index contributed by atoms with van der Waals surface area (Å²) < 4.78 is 0.871. The second-order valence-electron chi connectivity index (χ2n) is 2.51. The summed E-state index contributed by atoms with van der Waals surface area (Å²) in [7, 11) is 0. The Hall–Kier alpha value is -1.29. The van der Waals surface area contributed by atoms with Gasteiger partial charge in [-0.25, -0.2) is 9.97 Å². The molecule has 1 heterocycles. The summed E-state index contributed by atoms with van der Waals surface area (Å²) >= 11 is 3.35. The van der Waals surface area contributed by atoms with Gasteiger partial charge < -0.3 is 0 Å². The van der Waals surface area contributed by atoms with Crippen molar-refractivity contribution in [2.75, 3.05) is 0 Å². The van der Waals surface area contributed by atoms with E-state index in [1.807, 2.05) is 18.2 Å². The van der Waals surface area contributed by atoms with E-state index < -0.39 is 0 Å². The van der Waals surface area contributed by atoms with E-state index in [9.17, 15) is 4.79 Å². The summed E-state index contributed by atoms with van der Waals surface area (Å²) in [5.41, 5.74) is 1.19. The van der Waals surface area contributed by atoms with Gasteiger partial charge in [0.15, 0.2) is 6.29 Å². The number of aldehydes is 1. The number of carbonyl (C=O) groups is 1. The van der Waals surface area contributed by atoms with Gasteiger partial charge >= 0.3 is 0 Å². The van der Waals surface area contributed by atoms with Crippen LogP contribution in [0.25, 0.3) is 10.9 Å². The number of carbonyl (C=O) groups excluding carboxylic acids is 1. The topological polar surface area (TPSA) is 42.9 Å². The summed E-state index contributed by atoms with van der Waals surface area (Å²) in [6.45, 7) is 0. The number of rotatable bonds is 1. The smallest absolute Gasteiger partial charge is 0.169 e. The lowest BCUT2D eigenvalue weighted by Crippen LogP contribution is -1.91. The zero-order chi connectivity index (χ0) is 9.26. The average Bonchev–Trinajstić information content (AvgIpc) is 2.18. The van der Waals surface area contributed by atoms with Crippen molar-refractivity contribution in [2.45, 2.75) is 0 Å². The maximum Gasteiger partial charge on any atom is 0.169 e.